The van der Waals surface area contributed by atoms with Gasteiger partial charge in [0, 0.05) is 12.1 Å². The highest BCUT2D eigenvalue weighted by atomic mass is 16.4. The number of unbranched alkanes of at least 4 members (excludes halogenated alkanes) is 2. The Morgan fingerprint density at radius 3 is 2.65 bits per heavy atom. The molecule has 0 saturated heterocycles. The van der Waals surface area contributed by atoms with Gasteiger partial charge < -0.3 is 15.0 Å². The van der Waals surface area contributed by atoms with E-state index in [4.69, 9.17) is 5.11 Å². The number of aliphatic hydroxyl groups excluding tert-OH is 1. The van der Waals surface area contributed by atoms with Gasteiger partial charge in [0.2, 0.25) is 5.84 Å². The largest absolute Gasteiger partial charge is 0.550 e. The topological polar surface area (TPSA) is 86.4 Å². The number of carboxylic acid groups (broad SMARTS) is 1. The number of nitrogens with one attached hydrogen (secondary N) is 2. The van der Waals surface area contributed by atoms with Crippen molar-refractivity contribution < 1.29 is 20.0 Å². The number of fused-ring (bicyclic) bond motifs is 1. The van der Waals surface area contributed by atoms with E-state index in [0.29, 0.717) is 6.42 Å². The second-order valence-electron chi connectivity index (χ2n) is 5.96. The van der Waals surface area contributed by atoms with E-state index in [2.05, 4.69) is 28.5 Å². The van der Waals surface area contributed by atoms with Gasteiger partial charge in [0.15, 0.2) is 0 Å². The average Bonchev–Trinajstić information content (AvgIpc) is 2.50. The van der Waals surface area contributed by atoms with Gasteiger partial charge in [-0.2, -0.15) is 0 Å². The molecular formula is C18H28N2O3. The number of carboxylic acids is 1. The zero-order chi connectivity index (χ0) is 17.1. The van der Waals surface area contributed by atoms with E-state index in [1.165, 1.54) is 17.1 Å². The number of aliphatic hydroxyl groups is 1. The smallest absolute Gasteiger partial charge is 0.247 e. The summed E-state index contributed by atoms with van der Waals surface area (Å²) in [6.07, 6.45) is 4.69. The molecule has 0 bridgehead atoms. The van der Waals surface area contributed by atoms with E-state index in [0.717, 1.165) is 32.2 Å². The minimum Gasteiger partial charge on any atom is -0.550 e. The Labute approximate surface area is 138 Å². The molecule has 1 aliphatic heterocycles. The monoisotopic (exact) mass is 320 g/mol. The molecule has 1 aromatic carbocycles. The van der Waals surface area contributed by atoms with Gasteiger partial charge in [-0.05, 0) is 57.6 Å². The number of hydrogen-bond acceptors (Lipinski definition) is 3. The number of anilines is 1. The lowest BCUT2D eigenvalue weighted by Gasteiger charge is -2.13. The van der Waals surface area contributed by atoms with E-state index in [1.54, 1.807) is 13.8 Å². The molecule has 0 fully saturated rings. The maximum Gasteiger partial charge on any atom is 0.247 e. The minimum absolute atomic E-state index is 0.167. The molecule has 0 aromatic heterocycles. The van der Waals surface area contributed by atoms with Crippen molar-refractivity contribution in [2.75, 3.05) is 11.9 Å². The predicted octanol–water partition coefficient (Wildman–Crippen LogP) is 0.221. The van der Waals surface area contributed by atoms with Gasteiger partial charge in [-0.25, -0.2) is 5.32 Å². The summed E-state index contributed by atoms with van der Waals surface area (Å²) in [6, 6.07) is 8.35. The van der Waals surface area contributed by atoms with Crippen LogP contribution >= 0.6 is 0 Å². The second kappa shape index (κ2) is 10.8. The molecule has 0 spiro atoms. The summed E-state index contributed by atoms with van der Waals surface area (Å²) in [4.78, 5) is 13.6. The molecule has 0 aliphatic carbocycles. The Morgan fingerprint density at radius 2 is 1.96 bits per heavy atom. The van der Waals surface area contributed by atoms with E-state index < -0.39 is 5.97 Å². The normalized spacial score (nSPS) is 14.7. The van der Waals surface area contributed by atoms with Crippen molar-refractivity contribution in [3.63, 3.8) is 0 Å². The molecule has 0 unspecified atom stereocenters. The molecular weight excluding hydrogens is 292 g/mol. The van der Waals surface area contributed by atoms with Crippen LogP contribution in [-0.2, 0) is 11.2 Å². The maximum absolute atomic E-state index is 10.3. The molecule has 2 rings (SSSR count). The molecule has 3 N–H and O–H groups in total. The lowest BCUT2D eigenvalue weighted by atomic mass is 10.0. The van der Waals surface area contributed by atoms with E-state index in [-0.39, 0.29) is 12.5 Å². The summed E-state index contributed by atoms with van der Waals surface area (Å²) in [5.74, 6) is 0.214. The van der Waals surface area contributed by atoms with E-state index >= 15 is 0 Å². The van der Waals surface area contributed by atoms with Crippen LogP contribution in [0.1, 0.15) is 51.5 Å². The maximum atomic E-state index is 10.3. The standard InChI is InChI=1S/C15H20N2O2.C3H8O/c18-15(19)8-2-1-5-11-16-14-10-9-12-6-3-4-7-13(12)17-14;1-3(2)4/h3-4,6-7H,1-2,5,8-11H2,(H,16,17)(H,18,19);3-4H,1-2H3. The zero-order valence-electron chi connectivity index (χ0n) is 14.1. The van der Waals surface area contributed by atoms with Crippen molar-refractivity contribution in [3.05, 3.63) is 29.8 Å². The highest BCUT2D eigenvalue weighted by molar-refractivity contribution is 5.94. The summed E-state index contributed by atoms with van der Waals surface area (Å²) in [7, 11) is 0. The van der Waals surface area contributed by atoms with Crippen LogP contribution in [0, 0.1) is 0 Å². The van der Waals surface area contributed by atoms with Crippen LogP contribution in [0.15, 0.2) is 24.3 Å². The quantitative estimate of drug-likeness (QED) is 0.655. The first-order valence-corrected chi connectivity index (χ1v) is 8.31. The number of hydrogen-bond donors (Lipinski definition) is 3. The van der Waals surface area contributed by atoms with E-state index in [9.17, 15) is 9.90 Å². The third-order valence-electron chi connectivity index (χ3n) is 3.34. The van der Waals surface area contributed by atoms with Crippen molar-refractivity contribution in [2.45, 2.75) is 58.5 Å². The first kappa shape index (κ1) is 19.2. The van der Waals surface area contributed by atoms with Gasteiger partial charge >= 0.3 is 0 Å². The SMILES string of the molecule is CC(C)O.O=C([O-])CCCCC[NH+]=C1CCc2ccccc2N1. The zero-order valence-corrected chi connectivity index (χ0v) is 14.1. The summed E-state index contributed by atoms with van der Waals surface area (Å²) in [5, 5.41) is 21.7. The number of carbonyl (C=O) groups excluding carboxylic acids is 1. The summed E-state index contributed by atoms with van der Waals surface area (Å²) < 4.78 is 0. The van der Waals surface area contributed by atoms with Crippen LogP contribution in [-0.4, -0.2) is 29.6 Å². The number of para-hydroxylation sites is 1. The first-order valence-electron chi connectivity index (χ1n) is 8.31. The molecule has 0 atom stereocenters. The van der Waals surface area contributed by atoms with Crippen LogP contribution < -0.4 is 15.4 Å². The van der Waals surface area contributed by atoms with Crippen molar-refractivity contribution in [1.29, 1.82) is 0 Å². The van der Waals surface area contributed by atoms with Crippen LogP contribution in [0.2, 0.25) is 0 Å². The predicted molar refractivity (Wildman–Crippen MR) is 90.1 cm³/mol. The van der Waals surface area contributed by atoms with Gasteiger partial charge in [-0.3, -0.25) is 4.99 Å². The van der Waals surface area contributed by atoms with Gasteiger partial charge in [-0.15, -0.1) is 0 Å². The Bertz CT molecular complexity index is 510. The molecule has 23 heavy (non-hydrogen) atoms. The van der Waals surface area contributed by atoms with Gasteiger partial charge in [0.1, 0.15) is 5.69 Å². The molecule has 0 radical (unpaired) electrons. The van der Waals surface area contributed by atoms with Crippen molar-refractivity contribution in [2.24, 2.45) is 0 Å². The molecule has 1 heterocycles. The van der Waals surface area contributed by atoms with Gasteiger partial charge in [0.05, 0.1) is 13.0 Å². The number of amidine groups is 1. The number of benzene rings is 1. The minimum atomic E-state index is -0.951. The fraction of sp³-hybridized carbons (Fsp3) is 0.556. The lowest BCUT2D eigenvalue weighted by Crippen LogP contribution is -2.75. The van der Waals surface area contributed by atoms with Crippen LogP contribution in [0.4, 0.5) is 5.69 Å². The van der Waals surface area contributed by atoms with Crippen molar-refractivity contribution in [1.82, 2.24) is 0 Å². The number of carbonyl (C=O) groups is 1. The summed E-state index contributed by atoms with van der Waals surface area (Å²) >= 11 is 0. The third-order valence-corrected chi connectivity index (χ3v) is 3.34. The van der Waals surface area contributed by atoms with E-state index in [1.807, 2.05) is 6.07 Å². The Hall–Kier alpha value is -1.88. The molecule has 1 aromatic rings. The van der Waals surface area contributed by atoms with Gasteiger partial charge in [0.25, 0.3) is 0 Å². The van der Waals surface area contributed by atoms with Crippen molar-refractivity contribution in [3.8, 4) is 0 Å². The molecule has 128 valence electrons. The fourth-order valence-corrected chi connectivity index (χ4v) is 2.29. The highest BCUT2D eigenvalue weighted by Gasteiger charge is 2.17. The fourth-order valence-electron chi connectivity index (χ4n) is 2.29. The highest BCUT2D eigenvalue weighted by Crippen LogP contribution is 2.20. The molecule has 1 aliphatic rings. The number of aliphatic carboxylic acids is 1. The second-order valence-corrected chi connectivity index (χ2v) is 5.96. The Balaban J connectivity index is 0.000000593. The third kappa shape index (κ3) is 8.98. The van der Waals surface area contributed by atoms with Crippen molar-refractivity contribution >= 4 is 17.5 Å². The van der Waals surface area contributed by atoms with Crippen LogP contribution in [0.25, 0.3) is 0 Å². The summed E-state index contributed by atoms with van der Waals surface area (Å²) in [5.41, 5.74) is 2.55. The Kier molecular flexibility index (Phi) is 8.98. The first-order chi connectivity index (χ1) is 11.0. The average molecular weight is 320 g/mol. The molecule has 5 nitrogen and oxygen atoms in total. The Morgan fingerprint density at radius 1 is 1.26 bits per heavy atom. The van der Waals surface area contributed by atoms with Crippen LogP contribution in [0.3, 0.4) is 0 Å². The number of rotatable bonds is 6. The number of aryl methyl sites for hydroxylation is 1. The molecule has 5 heteroatoms. The summed E-state index contributed by atoms with van der Waals surface area (Å²) in [6.45, 7) is 4.33. The molecule has 0 saturated carbocycles. The molecule has 0 amide bonds. The lowest BCUT2D eigenvalue weighted by molar-refractivity contribution is -0.459. The van der Waals surface area contributed by atoms with Gasteiger partial charge in [-0.1, -0.05) is 18.2 Å². The van der Waals surface area contributed by atoms with Crippen LogP contribution in [0.5, 0.6) is 0 Å².